The lowest BCUT2D eigenvalue weighted by atomic mass is 9.82. The summed E-state index contributed by atoms with van der Waals surface area (Å²) in [5.41, 5.74) is 4.94. The van der Waals surface area contributed by atoms with Gasteiger partial charge in [0.25, 0.3) is 10.2 Å². The molecule has 106 valence electrons. The molecule has 0 bridgehead atoms. The van der Waals surface area contributed by atoms with Crippen molar-refractivity contribution < 1.29 is 13.2 Å². The number of rotatable bonds is 7. The molecular weight excluding hydrogens is 274 g/mol. The lowest BCUT2D eigenvalue weighted by Crippen LogP contribution is -2.60. The Labute approximate surface area is 114 Å². The van der Waals surface area contributed by atoms with Gasteiger partial charge in [-0.1, -0.05) is 31.5 Å². The molecule has 0 atom stereocenters. The van der Waals surface area contributed by atoms with Gasteiger partial charge in [-0.05, 0) is 12.8 Å². The van der Waals surface area contributed by atoms with Gasteiger partial charge in [-0.3, -0.25) is 0 Å². The van der Waals surface area contributed by atoms with Crippen LogP contribution in [0.4, 0.5) is 0 Å². The first-order chi connectivity index (χ1) is 8.42. The van der Waals surface area contributed by atoms with Gasteiger partial charge in [-0.15, -0.1) is 0 Å². The van der Waals surface area contributed by atoms with Crippen molar-refractivity contribution in [3.8, 4) is 0 Å². The molecule has 0 saturated heterocycles. The van der Waals surface area contributed by atoms with Crippen LogP contribution in [0.3, 0.4) is 0 Å². The lowest BCUT2D eigenvalue weighted by molar-refractivity contribution is 0.204. The SMILES string of the molecule is COCCNS(=O)(=O)NC1(C(N)=S)CCCCC1. The topological polar surface area (TPSA) is 93.4 Å². The zero-order valence-corrected chi connectivity index (χ0v) is 12.2. The Hall–Kier alpha value is -0.280. The number of hydrogen-bond donors (Lipinski definition) is 3. The molecule has 0 unspecified atom stereocenters. The molecule has 1 aliphatic rings. The van der Waals surface area contributed by atoms with Gasteiger partial charge in [0.15, 0.2) is 0 Å². The van der Waals surface area contributed by atoms with Crippen LogP contribution in [-0.4, -0.2) is 39.2 Å². The number of nitrogens with two attached hydrogens (primary N) is 1. The molecule has 0 radical (unpaired) electrons. The molecule has 0 aromatic heterocycles. The highest BCUT2D eigenvalue weighted by atomic mass is 32.2. The summed E-state index contributed by atoms with van der Waals surface area (Å²) in [6.45, 7) is 0.542. The maximum absolute atomic E-state index is 11.9. The molecule has 1 rings (SSSR count). The molecule has 1 fully saturated rings. The van der Waals surface area contributed by atoms with E-state index >= 15 is 0 Å². The van der Waals surface area contributed by atoms with Crippen molar-refractivity contribution in [2.75, 3.05) is 20.3 Å². The zero-order valence-electron chi connectivity index (χ0n) is 10.6. The van der Waals surface area contributed by atoms with E-state index in [1.807, 2.05) is 0 Å². The van der Waals surface area contributed by atoms with Crippen molar-refractivity contribution in [2.24, 2.45) is 5.73 Å². The van der Waals surface area contributed by atoms with E-state index in [2.05, 4.69) is 9.44 Å². The summed E-state index contributed by atoms with van der Waals surface area (Å²) >= 11 is 5.03. The number of hydrogen-bond acceptors (Lipinski definition) is 4. The fourth-order valence-electron chi connectivity index (χ4n) is 2.13. The highest BCUT2D eigenvalue weighted by molar-refractivity contribution is 7.87. The average molecular weight is 295 g/mol. The van der Waals surface area contributed by atoms with Gasteiger partial charge in [0.1, 0.15) is 0 Å². The van der Waals surface area contributed by atoms with Crippen LogP contribution in [0.1, 0.15) is 32.1 Å². The van der Waals surface area contributed by atoms with E-state index in [0.717, 1.165) is 19.3 Å². The van der Waals surface area contributed by atoms with E-state index in [9.17, 15) is 8.42 Å². The van der Waals surface area contributed by atoms with E-state index in [1.54, 1.807) is 0 Å². The van der Waals surface area contributed by atoms with Crippen LogP contribution < -0.4 is 15.2 Å². The van der Waals surface area contributed by atoms with E-state index in [-0.39, 0.29) is 11.5 Å². The summed E-state index contributed by atoms with van der Waals surface area (Å²) in [6, 6.07) is 0. The third kappa shape index (κ3) is 4.43. The lowest BCUT2D eigenvalue weighted by Gasteiger charge is -2.36. The summed E-state index contributed by atoms with van der Waals surface area (Å²) < 4.78 is 33.6. The molecule has 0 amide bonds. The van der Waals surface area contributed by atoms with Crippen LogP contribution >= 0.6 is 12.2 Å². The smallest absolute Gasteiger partial charge is 0.277 e. The van der Waals surface area contributed by atoms with Crippen molar-refractivity contribution in [3.05, 3.63) is 0 Å². The molecule has 8 heteroatoms. The van der Waals surface area contributed by atoms with Crippen LogP contribution in [-0.2, 0) is 14.9 Å². The Kier molecular flexibility index (Phi) is 5.93. The summed E-state index contributed by atoms with van der Waals surface area (Å²) in [5.74, 6) is 0. The zero-order chi connectivity index (χ0) is 13.6. The van der Waals surface area contributed by atoms with Gasteiger partial charge in [-0.25, -0.2) is 0 Å². The summed E-state index contributed by atoms with van der Waals surface area (Å²) in [7, 11) is -2.09. The minimum atomic E-state index is -3.60. The van der Waals surface area contributed by atoms with Crippen LogP contribution in [0.2, 0.25) is 0 Å². The Morgan fingerprint density at radius 3 is 2.50 bits per heavy atom. The molecule has 0 aliphatic heterocycles. The standard InChI is InChI=1S/C10H21N3O3S2/c1-16-8-7-12-18(14,15)13-10(9(11)17)5-3-2-4-6-10/h12-13H,2-8H2,1H3,(H2,11,17). The molecule has 1 aliphatic carbocycles. The Morgan fingerprint density at radius 2 is 2.00 bits per heavy atom. The second kappa shape index (κ2) is 6.76. The normalized spacial score (nSPS) is 19.6. The first-order valence-electron chi connectivity index (χ1n) is 5.99. The second-order valence-electron chi connectivity index (χ2n) is 4.50. The molecule has 1 saturated carbocycles. The summed E-state index contributed by atoms with van der Waals surface area (Å²) in [5, 5.41) is 0. The van der Waals surface area contributed by atoms with Crippen LogP contribution in [0.25, 0.3) is 0 Å². The third-order valence-electron chi connectivity index (χ3n) is 3.11. The highest BCUT2D eigenvalue weighted by Crippen LogP contribution is 2.29. The Balaban J connectivity index is 2.68. The first kappa shape index (κ1) is 15.8. The van der Waals surface area contributed by atoms with Gasteiger partial charge in [0.05, 0.1) is 17.1 Å². The molecular formula is C10H21N3O3S2. The molecule has 18 heavy (non-hydrogen) atoms. The van der Waals surface area contributed by atoms with Gasteiger partial charge in [0, 0.05) is 13.7 Å². The Morgan fingerprint density at radius 1 is 1.39 bits per heavy atom. The van der Waals surface area contributed by atoms with Gasteiger partial charge < -0.3 is 10.5 Å². The van der Waals surface area contributed by atoms with Crippen molar-refractivity contribution in [1.29, 1.82) is 0 Å². The number of ether oxygens (including phenoxy) is 1. The van der Waals surface area contributed by atoms with Crippen molar-refractivity contribution in [1.82, 2.24) is 9.44 Å². The quantitative estimate of drug-likeness (QED) is 0.456. The number of nitrogens with one attached hydrogen (secondary N) is 2. The highest BCUT2D eigenvalue weighted by Gasteiger charge is 2.38. The van der Waals surface area contributed by atoms with Crippen LogP contribution in [0, 0.1) is 0 Å². The number of methoxy groups -OCH3 is 1. The maximum atomic E-state index is 11.9. The fourth-order valence-corrected chi connectivity index (χ4v) is 3.70. The molecule has 0 spiro atoms. The van der Waals surface area contributed by atoms with Crippen molar-refractivity contribution >= 4 is 27.4 Å². The van der Waals surface area contributed by atoms with E-state index in [0.29, 0.717) is 19.4 Å². The predicted octanol–water partition coefficient (Wildman–Crippen LogP) is 0.0458. The third-order valence-corrected chi connectivity index (χ3v) is 4.74. The summed E-state index contributed by atoms with van der Waals surface area (Å²) in [6.07, 6.45) is 4.26. The largest absolute Gasteiger partial charge is 0.392 e. The minimum Gasteiger partial charge on any atom is -0.392 e. The van der Waals surface area contributed by atoms with Crippen LogP contribution in [0.15, 0.2) is 0 Å². The monoisotopic (exact) mass is 295 g/mol. The van der Waals surface area contributed by atoms with Crippen molar-refractivity contribution in [2.45, 2.75) is 37.6 Å². The minimum absolute atomic E-state index is 0.221. The molecule has 4 N–H and O–H groups in total. The van der Waals surface area contributed by atoms with Gasteiger partial charge in [-0.2, -0.15) is 17.9 Å². The van der Waals surface area contributed by atoms with Crippen LogP contribution in [0.5, 0.6) is 0 Å². The molecule has 0 heterocycles. The van der Waals surface area contributed by atoms with E-state index in [1.165, 1.54) is 7.11 Å². The average Bonchev–Trinajstić information content (AvgIpc) is 2.29. The number of thiocarbonyl (C=S) groups is 1. The molecule has 0 aromatic rings. The van der Waals surface area contributed by atoms with E-state index < -0.39 is 15.7 Å². The maximum Gasteiger partial charge on any atom is 0.277 e. The Bertz CT molecular complexity index is 378. The molecule has 0 aromatic carbocycles. The van der Waals surface area contributed by atoms with Crippen molar-refractivity contribution in [3.63, 3.8) is 0 Å². The van der Waals surface area contributed by atoms with Gasteiger partial charge in [0.2, 0.25) is 0 Å². The first-order valence-corrected chi connectivity index (χ1v) is 7.88. The van der Waals surface area contributed by atoms with E-state index in [4.69, 9.17) is 22.7 Å². The fraction of sp³-hybridized carbons (Fsp3) is 0.900. The molecule has 6 nitrogen and oxygen atoms in total. The van der Waals surface area contributed by atoms with Gasteiger partial charge >= 0.3 is 0 Å². The second-order valence-corrected chi connectivity index (χ2v) is 6.44. The predicted molar refractivity (Wildman–Crippen MR) is 74.5 cm³/mol. The summed E-state index contributed by atoms with van der Waals surface area (Å²) in [4.78, 5) is 0.222.